The molecule has 2 aromatic carbocycles. The molecular formula is C17H20O4. The quantitative estimate of drug-likeness (QED) is 0.850. The second kappa shape index (κ2) is 7.55. The lowest BCUT2D eigenvalue weighted by Gasteiger charge is -2.14. The fourth-order valence-electron chi connectivity index (χ4n) is 1.92. The van der Waals surface area contributed by atoms with Gasteiger partial charge in [0.05, 0.1) is 13.7 Å². The van der Waals surface area contributed by atoms with Crippen LogP contribution in [-0.4, -0.2) is 25.4 Å². The van der Waals surface area contributed by atoms with Gasteiger partial charge in [-0.15, -0.1) is 0 Å². The predicted molar refractivity (Wildman–Crippen MR) is 81.1 cm³/mol. The minimum atomic E-state index is -0.702. The van der Waals surface area contributed by atoms with E-state index >= 15 is 0 Å². The van der Waals surface area contributed by atoms with E-state index in [0.717, 1.165) is 11.3 Å². The van der Waals surface area contributed by atoms with E-state index in [2.05, 4.69) is 0 Å². The van der Waals surface area contributed by atoms with Gasteiger partial charge >= 0.3 is 0 Å². The van der Waals surface area contributed by atoms with Crippen molar-refractivity contribution in [2.75, 3.05) is 20.3 Å². The molecule has 2 rings (SSSR count). The Bertz CT molecular complexity index is 551. The molecule has 4 nitrogen and oxygen atoms in total. The molecule has 0 bridgehead atoms. The number of ether oxygens (including phenoxy) is 3. The van der Waals surface area contributed by atoms with Crippen LogP contribution in [0.25, 0.3) is 0 Å². The molecule has 0 saturated heterocycles. The van der Waals surface area contributed by atoms with Crippen molar-refractivity contribution in [3.8, 4) is 17.2 Å². The van der Waals surface area contributed by atoms with Crippen molar-refractivity contribution in [1.82, 2.24) is 0 Å². The van der Waals surface area contributed by atoms with Crippen LogP contribution in [0.5, 0.6) is 17.2 Å². The third kappa shape index (κ3) is 4.39. The standard InChI is InChI=1S/C17H20O4/c1-3-20-14-7-9-15(10-8-14)21-12-17(18)13-5-4-6-16(11-13)19-2/h4-11,17-18H,3,12H2,1-2H3. The Hall–Kier alpha value is -2.20. The van der Waals surface area contributed by atoms with Gasteiger partial charge in [0.25, 0.3) is 0 Å². The van der Waals surface area contributed by atoms with Gasteiger partial charge in [-0.25, -0.2) is 0 Å². The number of methoxy groups -OCH3 is 1. The lowest BCUT2D eigenvalue weighted by Crippen LogP contribution is -2.09. The maximum atomic E-state index is 10.1. The number of hydrogen-bond acceptors (Lipinski definition) is 4. The summed E-state index contributed by atoms with van der Waals surface area (Å²) < 4.78 is 16.1. The molecule has 0 aliphatic carbocycles. The summed E-state index contributed by atoms with van der Waals surface area (Å²) in [6.45, 7) is 2.75. The van der Waals surface area contributed by atoms with E-state index in [4.69, 9.17) is 14.2 Å². The lowest BCUT2D eigenvalue weighted by atomic mass is 10.1. The summed E-state index contributed by atoms with van der Waals surface area (Å²) in [6, 6.07) is 14.7. The van der Waals surface area contributed by atoms with Crippen LogP contribution in [0.1, 0.15) is 18.6 Å². The number of aliphatic hydroxyl groups is 1. The average Bonchev–Trinajstić information content (AvgIpc) is 2.54. The lowest BCUT2D eigenvalue weighted by molar-refractivity contribution is 0.108. The van der Waals surface area contributed by atoms with Gasteiger partial charge in [-0.05, 0) is 48.9 Å². The summed E-state index contributed by atoms with van der Waals surface area (Å²) in [5.41, 5.74) is 0.764. The predicted octanol–water partition coefficient (Wildman–Crippen LogP) is 3.21. The Labute approximate surface area is 124 Å². The van der Waals surface area contributed by atoms with Gasteiger partial charge in [-0.3, -0.25) is 0 Å². The molecule has 0 spiro atoms. The van der Waals surface area contributed by atoms with E-state index in [9.17, 15) is 5.11 Å². The van der Waals surface area contributed by atoms with Crippen molar-refractivity contribution < 1.29 is 19.3 Å². The van der Waals surface area contributed by atoms with Crippen molar-refractivity contribution in [2.45, 2.75) is 13.0 Å². The molecule has 0 saturated carbocycles. The van der Waals surface area contributed by atoms with Crippen molar-refractivity contribution >= 4 is 0 Å². The Kier molecular flexibility index (Phi) is 5.46. The molecule has 0 amide bonds. The van der Waals surface area contributed by atoms with Crippen LogP contribution in [-0.2, 0) is 0 Å². The molecule has 0 aliphatic heterocycles. The van der Waals surface area contributed by atoms with Crippen molar-refractivity contribution in [3.63, 3.8) is 0 Å². The summed E-state index contributed by atoms with van der Waals surface area (Å²) in [7, 11) is 1.60. The highest BCUT2D eigenvalue weighted by Gasteiger charge is 2.09. The highest BCUT2D eigenvalue weighted by molar-refractivity contribution is 5.32. The molecule has 0 aliphatic rings. The third-order valence-corrected chi connectivity index (χ3v) is 3.02. The number of hydrogen-bond donors (Lipinski definition) is 1. The molecule has 112 valence electrons. The van der Waals surface area contributed by atoms with E-state index in [1.807, 2.05) is 49.4 Å². The maximum Gasteiger partial charge on any atom is 0.119 e. The van der Waals surface area contributed by atoms with E-state index in [1.54, 1.807) is 13.2 Å². The number of benzene rings is 2. The van der Waals surface area contributed by atoms with E-state index in [0.29, 0.717) is 18.1 Å². The first-order valence-electron chi connectivity index (χ1n) is 6.90. The normalized spacial score (nSPS) is 11.8. The molecule has 21 heavy (non-hydrogen) atoms. The first-order valence-corrected chi connectivity index (χ1v) is 6.90. The molecule has 0 radical (unpaired) electrons. The summed E-state index contributed by atoms with van der Waals surface area (Å²) in [5.74, 6) is 2.21. The van der Waals surface area contributed by atoms with E-state index in [1.165, 1.54) is 0 Å². The van der Waals surface area contributed by atoms with Crippen LogP contribution in [0, 0.1) is 0 Å². The van der Waals surface area contributed by atoms with Crippen LogP contribution < -0.4 is 14.2 Å². The third-order valence-electron chi connectivity index (χ3n) is 3.02. The summed E-state index contributed by atoms with van der Waals surface area (Å²) >= 11 is 0. The van der Waals surface area contributed by atoms with Gasteiger partial charge in [-0.1, -0.05) is 12.1 Å². The van der Waals surface area contributed by atoms with Crippen LogP contribution in [0.4, 0.5) is 0 Å². The van der Waals surface area contributed by atoms with Gasteiger partial charge in [-0.2, -0.15) is 0 Å². The zero-order valence-corrected chi connectivity index (χ0v) is 12.3. The molecule has 1 N–H and O–H groups in total. The molecule has 0 fully saturated rings. The fourth-order valence-corrected chi connectivity index (χ4v) is 1.92. The highest BCUT2D eigenvalue weighted by atomic mass is 16.5. The van der Waals surface area contributed by atoms with Gasteiger partial charge in [0, 0.05) is 0 Å². The smallest absolute Gasteiger partial charge is 0.119 e. The van der Waals surface area contributed by atoms with Gasteiger partial charge in [0.2, 0.25) is 0 Å². The molecule has 0 heterocycles. The fraction of sp³-hybridized carbons (Fsp3) is 0.294. The molecule has 4 heteroatoms. The van der Waals surface area contributed by atoms with E-state index in [-0.39, 0.29) is 6.61 Å². The van der Waals surface area contributed by atoms with Crippen LogP contribution in [0.15, 0.2) is 48.5 Å². The zero-order valence-electron chi connectivity index (χ0n) is 12.3. The minimum absolute atomic E-state index is 0.182. The monoisotopic (exact) mass is 288 g/mol. The van der Waals surface area contributed by atoms with Crippen molar-refractivity contribution in [1.29, 1.82) is 0 Å². The average molecular weight is 288 g/mol. The Morgan fingerprint density at radius 2 is 1.62 bits per heavy atom. The zero-order chi connectivity index (χ0) is 15.1. The second-order valence-electron chi connectivity index (χ2n) is 4.51. The number of aliphatic hydroxyl groups excluding tert-OH is 1. The van der Waals surface area contributed by atoms with Gasteiger partial charge in [0.1, 0.15) is 30.0 Å². The molecule has 1 unspecified atom stereocenters. The molecular weight excluding hydrogens is 268 g/mol. The van der Waals surface area contributed by atoms with Crippen LogP contribution in [0.3, 0.4) is 0 Å². The van der Waals surface area contributed by atoms with Gasteiger partial charge in [0.15, 0.2) is 0 Å². The largest absolute Gasteiger partial charge is 0.497 e. The molecule has 0 aromatic heterocycles. The topological polar surface area (TPSA) is 47.9 Å². The SMILES string of the molecule is CCOc1ccc(OCC(O)c2cccc(OC)c2)cc1. The number of rotatable bonds is 7. The summed E-state index contributed by atoms with van der Waals surface area (Å²) in [4.78, 5) is 0. The Morgan fingerprint density at radius 3 is 2.24 bits per heavy atom. The summed E-state index contributed by atoms with van der Waals surface area (Å²) in [5, 5.41) is 10.1. The summed E-state index contributed by atoms with van der Waals surface area (Å²) in [6.07, 6.45) is -0.702. The Morgan fingerprint density at radius 1 is 0.952 bits per heavy atom. The Balaban J connectivity index is 1.92. The van der Waals surface area contributed by atoms with Gasteiger partial charge < -0.3 is 19.3 Å². The van der Waals surface area contributed by atoms with Crippen molar-refractivity contribution in [2.24, 2.45) is 0 Å². The molecule has 1 atom stereocenters. The van der Waals surface area contributed by atoms with Crippen LogP contribution in [0.2, 0.25) is 0 Å². The highest BCUT2D eigenvalue weighted by Crippen LogP contribution is 2.22. The molecule has 2 aromatic rings. The van der Waals surface area contributed by atoms with Crippen molar-refractivity contribution in [3.05, 3.63) is 54.1 Å². The second-order valence-corrected chi connectivity index (χ2v) is 4.51. The van der Waals surface area contributed by atoms with Crippen LogP contribution >= 0.6 is 0 Å². The minimum Gasteiger partial charge on any atom is -0.497 e. The first-order chi connectivity index (χ1) is 10.2. The van der Waals surface area contributed by atoms with E-state index < -0.39 is 6.10 Å². The first kappa shape index (κ1) is 15.2. The maximum absolute atomic E-state index is 10.1.